The normalized spacial score (nSPS) is 12.2. The molecule has 0 saturated heterocycles. The van der Waals surface area contributed by atoms with E-state index in [4.69, 9.17) is 4.42 Å². The van der Waals surface area contributed by atoms with E-state index in [1.807, 2.05) is 43.5 Å². The molecule has 0 bridgehead atoms. The Bertz CT molecular complexity index is 519. The third-order valence-corrected chi connectivity index (χ3v) is 2.36. The van der Waals surface area contributed by atoms with Crippen LogP contribution in [0.3, 0.4) is 0 Å². The number of hydrogen-bond donors (Lipinski definition) is 0. The highest BCUT2D eigenvalue weighted by Gasteiger charge is 1.91. The summed E-state index contributed by atoms with van der Waals surface area (Å²) in [5.41, 5.74) is 3.26. The van der Waals surface area contributed by atoms with Gasteiger partial charge in [-0.05, 0) is 49.8 Å². The summed E-state index contributed by atoms with van der Waals surface area (Å²) >= 11 is 0. The lowest BCUT2D eigenvalue weighted by Crippen LogP contribution is -1.77. The fraction of sp³-hybridized carbons (Fsp3) is 0.133. The Balaban J connectivity index is 2.08. The molecule has 0 spiro atoms. The Labute approximate surface area is 101 Å². The van der Waals surface area contributed by atoms with Gasteiger partial charge < -0.3 is 4.42 Å². The predicted molar refractivity (Wildman–Crippen MR) is 71.7 cm³/mol. The second-order valence-electron chi connectivity index (χ2n) is 4.00. The maximum Gasteiger partial charge on any atom is 0.126 e. The number of furan rings is 1. The van der Waals surface area contributed by atoms with E-state index >= 15 is 0 Å². The third kappa shape index (κ3) is 3.45. The molecule has 2 nitrogen and oxygen atoms in total. The van der Waals surface area contributed by atoms with Gasteiger partial charge in [0.25, 0.3) is 0 Å². The number of allylic oxidation sites excluding steroid dienone is 1. The lowest BCUT2D eigenvalue weighted by atomic mass is 10.2. The van der Waals surface area contributed by atoms with Crippen molar-refractivity contribution in [3.63, 3.8) is 0 Å². The lowest BCUT2D eigenvalue weighted by Gasteiger charge is -1.95. The van der Waals surface area contributed by atoms with Gasteiger partial charge in [-0.15, -0.1) is 0 Å². The van der Waals surface area contributed by atoms with Gasteiger partial charge in [-0.25, -0.2) is 0 Å². The van der Waals surface area contributed by atoms with Crippen molar-refractivity contribution in [1.29, 1.82) is 0 Å². The summed E-state index contributed by atoms with van der Waals surface area (Å²) in [6, 6.07) is 11.9. The molecule has 0 aliphatic carbocycles. The first-order chi connectivity index (χ1) is 8.24. The van der Waals surface area contributed by atoms with Gasteiger partial charge in [0.15, 0.2) is 0 Å². The van der Waals surface area contributed by atoms with Crippen LogP contribution in [0, 0.1) is 6.92 Å². The smallest absolute Gasteiger partial charge is 0.126 e. The van der Waals surface area contributed by atoms with Crippen molar-refractivity contribution in [1.82, 2.24) is 0 Å². The van der Waals surface area contributed by atoms with Gasteiger partial charge in [-0.2, -0.15) is 0 Å². The summed E-state index contributed by atoms with van der Waals surface area (Å²) in [5, 5.41) is 0. The summed E-state index contributed by atoms with van der Waals surface area (Å²) in [6.45, 7) is 4.07. The van der Waals surface area contributed by atoms with Crippen LogP contribution in [0.15, 0.2) is 57.6 Å². The minimum atomic E-state index is 0.845. The van der Waals surface area contributed by atoms with E-state index < -0.39 is 0 Å². The van der Waals surface area contributed by atoms with Gasteiger partial charge in [0.2, 0.25) is 0 Å². The average Bonchev–Trinajstić information content (AvgIpc) is 2.81. The molecule has 2 rings (SSSR count). The molecule has 1 aromatic heterocycles. The van der Waals surface area contributed by atoms with Gasteiger partial charge in [0.1, 0.15) is 5.76 Å². The molecule has 0 atom stereocenters. The Hall–Kier alpha value is -2.09. The molecule has 1 aromatic carbocycles. The number of benzene rings is 1. The topological polar surface area (TPSA) is 25.5 Å². The Kier molecular flexibility index (Phi) is 3.55. The van der Waals surface area contributed by atoms with Gasteiger partial charge in [0.05, 0.1) is 12.0 Å². The summed E-state index contributed by atoms with van der Waals surface area (Å²) in [4.78, 5) is 4.39. The van der Waals surface area contributed by atoms with Crippen molar-refractivity contribution >= 4 is 18.0 Å². The van der Waals surface area contributed by atoms with Crippen LogP contribution in [0.4, 0.5) is 5.69 Å². The minimum absolute atomic E-state index is 0.845. The lowest BCUT2D eigenvalue weighted by molar-refractivity contribution is 0.557. The number of hydrogen-bond acceptors (Lipinski definition) is 2. The number of nitrogens with zero attached hydrogens (tertiary/aromatic N) is 1. The van der Waals surface area contributed by atoms with Gasteiger partial charge in [0, 0.05) is 6.21 Å². The van der Waals surface area contributed by atoms with E-state index in [9.17, 15) is 0 Å². The second kappa shape index (κ2) is 5.30. The first-order valence-corrected chi connectivity index (χ1v) is 5.56. The summed E-state index contributed by atoms with van der Waals surface area (Å²) in [5.74, 6) is 0.845. The second-order valence-corrected chi connectivity index (χ2v) is 4.00. The van der Waals surface area contributed by atoms with Crippen molar-refractivity contribution < 1.29 is 4.42 Å². The molecule has 0 fully saturated rings. The van der Waals surface area contributed by atoms with E-state index in [0.29, 0.717) is 0 Å². The first kappa shape index (κ1) is 11.4. The monoisotopic (exact) mass is 225 g/mol. The molecule has 2 aromatic rings. The maximum absolute atomic E-state index is 5.23. The van der Waals surface area contributed by atoms with Crippen LogP contribution in [-0.2, 0) is 0 Å². The fourth-order valence-corrected chi connectivity index (χ4v) is 1.44. The minimum Gasteiger partial charge on any atom is -0.465 e. The molecule has 0 saturated carbocycles. The zero-order chi connectivity index (χ0) is 12.1. The maximum atomic E-state index is 5.23. The predicted octanol–water partition coefficient (Wildman–Crippen LogP) is 4.39. The van der Waals surface area contributed by atoms with E-state index in [0.717, 1.165) is 17.0 Å². The van der Waals surface area contributed by atoms with Crippen molar-refractivity contribution in [3.05, 3.63) is 59.6 Å². The van der Waals surface area contributed by atoms with Crippen molar-refractivity contribution in [2.75, 3.05) is 0 Å². The van der Waals surface area contributed by atoms with E-state index in [-0.39, 0.29) is 0 Å². The van der Waals surface area contributed by atoms with Gasteiger partial charge in [-0.3, -0.25) is 4.99 Å². The van der Waals surface area contributed by atoms with Crippen LogP contribution in [-0.4, -0.2) is 6.21 Å². The van der Waals surface area contributed by atoms with Gasteiger partial charge >= 0.3 is 0 Å². The van der Waals surface area contributed by atoms with Crippen LogP contribution < -0.4 is 0 Å². The standard InChI is InChI=1S/C15H15NO/c1-12-5-7-14(8-6-12)16-11-13(2)10-15-4-3-9-17-15/h3-11H,1-2H3/b13-10+,16-11?. The average molecular weight is 225 g/mol. The van der Waals surface area contributed by atoms with Crippen LogP contribution >= 0.6 is 0 Å². The summed E-state index contributed by atoms with van der Waals surface area (Å²) in [6.07, 6.45) is 5.46. The highest BCUT2D eigenvalue weighted by molar-refractivity contribution is 5.85. The molecular formula is C15H15NO. The van der Waals surface area contributed by atoms with Crippen LogP contribution in [0.2, 0.25) is 0 Å². The van der Waals surface area contributed by atoms with Crippen molar-refractivity contribution in [2.45, 2.75) is 13.8 Å². The molecule has 0 N–H and O–H groups in total. The van der Waals surface area contributed by atoms with Crippen molar-refractivity contribution in [2.24, 2.45) is 4.99 Å². The highest BCUT2D eigenvalue weighted by Crippen LogP contribution is 2.13. The molecule has 17 heavy (non-hydrogen) atoms. The van der Waals surface area contributed by atoms with Gasteiger partial charge in [-0.1, -0.05) is 17.7 Å². The molecule has 0 amide bonds. The SMILES string of the molecule is C/C(C=Nc1ccc(C)cc1)=C\c1ccco1. The molecule has 2 heteroatoms. The zero-order valence-corrected chi connectivity index (χ0v) is 10.1. The fourth-order valence-electron chi connectivity index (χ4n) is 1.44. The van der Waals surface area contributed by atoms with Crippen LogP contribution in [0.1, 0.15) is 18.2 Å². The molecular weight excluding hydrogens is 210 g/mol. The first-order valence-electron chi connectivity index (χ1n) is 5.56. The summed E-state index contributed by atoms with van der Waals surface area (Å²) < 4.78 is 5.23. The molecule has 0 unspecified atom stereocenters. The van der Waals surface area contributed by atoms with Crippen LogP contribution in [0.5, 0.6) is 0 Å². The van der Waals surface area contributed by atoms with E-state index in [2.05, 4.69) is 24.0 Å². The molecule has 86 valence electrons. The largest absolute Gasteiger partial charge is 0.465 e. The zero-order valence-electron chi connectivity index (χ0n) is 10.1. The number of aryl methyl sites for hydroxylation is 1. The van der Waals surface area contributed by atoms with E-state index in [1.165, 1.54) is 5.56 Å². The third-order valence-electron chi connectivity index (χ3n) is 2.36. The summed E-state index contributed by atoms with van der Waals surface area (Å²) in [7, 11) is 0. The number of rotatable bonds is 3. The molecule has 0 aliphatic heterocycles. The highest BCUT2D eigenvalue weighted by atomic mass is 16.3. The number of aliphatic imine (C=N–C) groups is 1. The quantitative estimate of drug-likeness (QED) is 0.711. The Morgan fingerprint density at radius 2 is 1.94 bits per heavy atom. The Morgan fingerprint density at radius 3 is 2.59 bits per heavy atom. The van der Waals surface area contributed by atoms with E-state index in [1.54, 1.807) is 6.26 Å². The Morgan fingerprint density at radius 1 is 1.18 bits per heavy atom. The molecule has 1 heterocycles. The molecule has 0 radical (unpaired) electrons. The van der Waals surface area contributed by atoms with Crippen molar-refractivity contribution in [3.8, 4) is 0 Å². The molecule has 0 aliphatic rings. The van der Waals surface area contributed by atoms with Crippen LogP contribution in [0.25, 0.3) is 6.08 Å².